The first-order valence-electron chi connectivity index (χ1n) is 11.1. The molecule has 1 fully saturated rings. The average molecular weight is 442 g/mol. The van der Waals surface area contributed by atoms with E-state index in [2.05, 4.69) is 19.9 Å². The fourth-order valence-electron chi connectivity index (χ4n) is 4.16. The molecule has 1 aliphatic rings. The number of carbonyl (C=O) groups excluding carboxylic acids is 1. The highest BCUT2D eigenvalue weighted by Gasteiger charge is 2.24. The first kappa shape index (κ1) is 20.9. The summed E-state index contributed by atoms with van der Waals surface area (Å²) in [7, 11) is 0. The van der Waals surface area contributed by atoms with Gasteiger partial charge in [-0.3, -0.25) is 9.36 Å². The van der Waals surface area contributed by atoms with Gasteiger partial charge < -0.3 is 14.4 Å². The molecule has 0 saturated carbocycles. The van der Waals surface area contributed by atoms with E-state index in [4.69, 9.17) is 0 Å². The summed E-state index contributed by atoms with van der Waals surface area (Å²) in [5.41, 5.74) is 3.81. The smallest absolute Gasteiger partial charge is 0.253 e. The van der Waals surface area contributed by atoms with E-state index in [1.165, 1.54) is 0 Å². The molecule has 4 heterocycles. The van der Waals surface area contributed by atoms with Crippen molar-refractivity contribution >= 4 is 11.7 Å². The summed E-state index contributed by atoms with van der Waals surface area (Å²) < 4.78 is 4.02. The standard InChI is InChI=1S/C25H27N7O/c1-18-19(2)32(17-26-18)24-16-23(27-20(3)28-24)30-12-14-31(15-13-30)25(33)21-6-8-22(9-7-21)29-10-4-5-11-29/h4-11,16-17H,12-15H2,1-3H3. The predicted octanol–water partition coefficient (Wildman–Crippen LogP) is 3.34. The quantitative estimate of drug-likeness (QED) is 0.486. The van der Waals surface area contributed by atoms with Crippen LogP contribution < -0.4 is 4.90 Å². The third kappa shape index (κ3) is 4.11. The van der Waals surface area contributed by atoms with Crippen molar-refractivity contribution in [1.82, 2.24) is 29.0 Å². The number of hydrogen-bond acceptors (Lipinski definition) is 5. The summed E-state index contributed by atoms with van der Waals surface area (Å²) in [6.45, 7) is 8.69. The van der Waals surface area contributed by atoms with E-state index in [9.17, 15) is 4.79 Å². The number of nitrogens with zero attached hydrogens (tertiary/aromatic N) is 7. The number of hydrogen-bond donors (Lipinski definition) is 0. The van der Waals surface area contributed by atoms with Gasteiger partial charge in [0.25, 0.3) is 5.91 Å². The number of piperazine rings is 1. The fourth-order valence-corrected chi connectivity index (χ4v) is 4.16. The molecular weight excluding hydrogens is 414 g/mol. The number of benzene rings is 1. The lowest BCUT2D eigenvalue weighted by Crippen LogP contribution is -2.49. The van der Waals surface area contributed by atoms with Gasteiger partial charge in [0.15, 0.2) is 0 Å². The second kappa shape index (κ2) is 8.54. The molecule has 0 atom stereocenters. The molecule has 5 rings (SSSR count). The van der Waals surface area contributed by atoms with Crippen LogP contribution in [0, 0.1) is 20.8 Å². The summed E-state index contributed by atoms with van der Waals surface area (Å²) >= 11 is 0. The Kier molecular flexibility index (Phi) is 5.42. The molecule has 1 aliphatic heterocycles. The SMILES string of the molecule is Cc1nc(N2CCN(C(=O)c3ccc(-n4cccc4)cc3)CC2)cc(-n2cnc(C)c2C)n1. The van der Waals surface area contributed by atoms with E-state index in [0.717, 1.165) is 47.6 Å². The fraction of sp³-hybridized carbons (Fsp3) is 0.280. The minimum Gasteiger partial charge on any atom is -0.353 e. The molecule has 8 nitrogen and oxygen atoms in total. The van der Waals surface area contributed by atoms with Crippen LogP contribution in [0.2, 0.25) is 0 Å². The Hall–Kier alpha value is -3.94. The maximum atomic E-state index is 13.0. The molecule has 3 aromatic heterocycles. The van der Waals surface area contributed by atoms with E-state index < -0.39 is 0 Å². The molecule has 8 heteroatoms. The summed E-state index contributed by atoms with van der Waals surface area (Å²) in [6.07, 6.45) is 5.78. The number of anilines is 1. The first-order chi connectivity index (χ1) is 16.0. The predicted molar refractivity (Wildman–Crippen MR) is 127 cm³/mol. The van der Waals surface area contributed by atoms with E-state index in [1.54, 1.807) is 6.33 Å². The average Bonchev–Trinajstić information content (AvgIpc) is 3.49. The largest absolute Gasteiger partial charge is 0.353 e. The zero-order valence-electron chi connectivity index (χ0n) is 19.1. The van der Waals surface area contributed by atoms with Gasteiger partial charge in [0.05, 0.1) is 5.69 Å². The van der Waals surface area contributed by atoms with Crippen molar-refractivity contribution in [3.63, 3.8) is 0 Å². The van der Waals surface area contributed by atoms with Crippen molar-refractivity contribution in [1.29, 1.82) is 0 Å². The maximum Gasteiger partial charge on any atom is 0.253 e. The molecule has 0 bridgehead atoms. The van der Waals surface area contributed by atoms with Crippen molar-refractivity contribution in [2.45, 2.75) is 20.8 Å². The van der Waals surface area contributed by atoms with Gasteiger partial charge in [-0.1, -0.05) is 0 Å². The van der Waals surface area contributed by atoms with Crippen molar-refractivity contribution in [2.24, 2.45) is 0 Å². The Balaban J connectivity index is 1.27. The van der Waals surface area contributed by atoms with Gasteiger partial charge in [-0.25, -0.2) is 15.0 Å². The molecule has 0 N–H and O–H groups in total. The topological polar surface area (TPSA) is 72.1 Å². The minimum absolute atomic E-state index is 0.0674. The number of carbonyl (C=O) groups is 1. The number of amides is 1. The Morgan fingerprint density at radius 1 is 0.879 bits per heavy atom. The monoisotopic (exact) mass is 441 g/mol. The number of aryl methyl sites for hydroxylation is 2. The normalized spacial score (nSPS) is 14.0. The highest BCUT2D eigenvalue weighted by Crippen LogP contribution is 2.20. The minimum atomic E-state index is 0.0674. The molecule has 0 unspecified atom stereocenters. The molecular formula is C25H27N7O. The van der Waals surface area contributed by atoms with Gasteiger partial charge in [0.2, 0.25) is 0 Å². The first-order valence-corrected chi connectivity index (χ1v) is 11.1. The zero-order chi connectivity index (χ0) is 22.9. The number of rotatable bonds is 4. The van der Waals surface area contributed by atoms with Crippen LogP contribution in [0.5, 0.6) is 0 Å². The number of imidazole rings is 1. The van der Waals surface area contributed by atoms with Crippen LogP contribution in [0.1, 0.15) is 27.6 Å². The molecule has 1 saturated heterocycles. The Morgan fingerprint density at radius 2 is 1.55 bits per heavy atom. The molecule has 1 aromatic carbocycles. The second-order valence-electron chi connectivity index (χ2n) is 8.33. The van der Waals surface area contributed by atoms with Gasteiger partial charge in [-0.15, -0.1) is 0 Å². The lowest BCUT2D eigenvalue weighted by molar-refractivity contribution is 0.0746. The van der Waals surface area contributed by atoms with Crippen molar-refractivity contribution < 1.29 is 4.79 Å². The summed E-state index contributed by atoms with van der Waals surface area (Å²) in [6, 6.07) is 13.7. The lowest BCUT2D eigenvalue weighted by Gasteiger charge is -2.35. The van der Waals surface area contributed by atoms with Gasteiger partial charge in [-0.05, 0) is 57.2 Å². The van der Waals surface area contributed by atoms with Crippen molar-refractivity contribution in [2.75, 3.05) is 31.1 Å². The summed E-state index contributed by atoms with van der Waals surface area (Å²) in [5, 5.41) is 0. The molecule has 0 spiro atoms. The van der Waals surface area contributed by atoms with Crippen LogP contribution in [0.4, 0.5) is 5.82 Å². The summed E-state index contributed by atoms with van der Waals surface area (Å²) in [5.74, 6) is 2.48. The van der Waals surface area contributed by atoms with Crippen molar-refractivity contribution in [3.05, 3.63) is 84.0 Å². The zero-order valence-corrected chi connectivity index (χ0v) is 19.1. The van der Waals surface area contributed by atoms with E-state index in [1.807, 2.05) is 89.7 Å². The highest BCUT2D eigenvalue weighted by molar-refractivity contribution is 5.94. The third-order valence-electron chi connectivity index (χ3n) is 6.22. The molecule has 0 aliphatic carbocycles. The van der Waals surface area contributed by atoms with Crippen LogP contribution in [0.15, 0.2) is 61.2 Å². The molecule has 168 valence electrons. The van der Waals surface area contributed by atoms with Gasteiger partial charge in [0, 0.05) is 61.6 Å². The third-order valence-corrected chi connectivity index (χ3v) is 6.22. The Labute approximate surface area is 193 Å². The van der Waals surface area contributed by atoms with Crippen LogP contribution in [0.25, 0.3) is 11.5 Å². The molecule has 33 heavy (non-hydrogen) atoms. The van der Waals surface area contributed by atoms with E-state index in [-0.39, 0.29) is 5.91 Å². The van der Waals surface area contributed by atoms with Gasteiger partial charge in [-0.2, -0.15) is 0 Å². The Bertz CT molecular complexity index is 1270. The van der Waals surface area contributed by atoms with Crippen LogP contribution in [0.3, 0.4) is 0 Å². The van der Waals surface area contributed by atoms with Crippen molar-refractivity contribution in [3.8, 4) is 11.5 Å². The van der Waals surface area contributed by atoms with Gasteiger partial charge >= 0.3 is 0 Å². The van der Waals surface area contributed by atoms with Crippen LogP contribution in [-0.4, -0.2) is 61.1 Å². The number of aromatic nitrogens is 5. The maximum absolute atomic E-state index is 13.0. The summed E-state index contributed by atoms with van der Waals surface area (Å²) in [4.78, 5) is 30.8. The molecule has 0 radical (unpaired) electrons. The molecule has 1 amide bonds. The molecule has 4 aromatic rings. The van der Waals surface area contributed by atoms with E-state index in [0.29, 0.717) is 18.7 Å². The second-order valence-corrected chi connectivity index (χ2v) is 8.33. The lowest BCUT2D eigenvalue weighted by atomic mass is 10.1. The highest BCUT2D eigenvalue weighted by atomic mass is 16.2. The van der Waals surface area contributed by atoms with Crippen LogP contribution >= 0.6 is 0 Å². The Morgan fingerprint density at radius 3 is 2.18 bits per heavy atom. The van der Waals surface area contributed by atoms with Gasteiger partial charge in [0.1, 0.15) is 23.8 Å². The van der Waals surface area contributed by atoms with E-state index >= 15 is 0 Å². The van der Waals surface area contributed by atoms with Crippen LogP contribution in [-0.2, 0) is 0 Å².